The summed E-state index contributed by atoms with van der Waals surface area (Å²) in [6.07, 6.45) is 1.86. The van der Waals surface area contributed by atoms with E-state index in [4.69, 9.17) is 0 Å². The summed E-state index contributed by atoms with van der Waals surface area (Å²) in [5, 5.41) is 0.917. The van der Waals surface area contributed by atoms with Crippen molar-refractivity contribution in [1.82, 2.24) is 9.97 Å². The van der Waals surface area contributed by atoms with Gasteiger partial charge in [0.05, 0.1) is 16.7 Å². The van der Waals surface area contributed by atoms with Crippen molar-refractivity contribution in [3.8, 4) is 0 Å². The van der Waals surface area contributed by atoms with Gasteiger partial charge in [-0.05, 0) is 12.1 Å². The predicted molar refractivity (Wildman–Crippen MR) is 61.7 cm³/mol. The molecule has 0 aliphatic rings. The quantitative estimate of drug-likeness (QED) is 0.766. The lowest BCUT2D eigenvalue weighted by atomic mass is 10.1. The van der Waals surface area contributed by atoms with E-state index in [1.807, 2.05) is 30.5 Å². The van der Waals surface area contributed by atoms with Gasteiger partial charge in [0.2, 0.25) is 0 Å². The zero-order valence-corrected chi connectivity index (χ0v) is 9.53. The normalized spacial score (nSPS) is 13.0. The molecule has 1 unspecified atom stereocenters. The smallest absolute Gasteiger partial charge is 0.0890 e. The number of hydrogen-bond acceptors (Lipinski definition) is 2. The highest BCUT2D eigenvalue weighted by molar-refractivity contribution is 9.09. The summed E-state index contributed by atoms with van der Waals surface area (Å²) in [6.45, 7) is 2.13. The average molecular weight is 251 g/mol. The minimum absolute atomic E-state index is 0.409. The number of alkyl halides is 1. The molecule has 0 aliphatic heterocycles. The highest BCUT2D eigenvalue weighted by Crippen LogP contribution is 2.17. The summed E-state index contributed by atoms with van der Waals surface area (Å²) in [5.41, 5.74) is 2.97. The van der Waals surface area contributed by atoms with Crippen LogP contribution in [0.15, 0.2) is 30.5 Å². The lowest BCUT2D eigenvalue weighted by Crippen LogP contribution is -1.99. The lowest BCUT2D eigenvalue weighted by Gasteiger charge is -2.06. The molecule has 0 amide bonds. The Bertz CT molecular complexity index is 442. The first-order valence-corrected chi connectivity index (χ1v) is 5.71. The molecule has 0 fully saturated rings. The summed E-state index contributed by atoms with van der Waals surface area (Å²) in [5.74, 6) is 0.409. The van der Waals surface area contributed by atoms with Crippen molar-refractivity contribution in [3.05, 3.63) is 36.2 Å². The highest BCUT2D eigenvalue weighted by atomic mass is 79.9. The number of para-hydroxylation sites is 2. The van der Waals surface area contributed by atoms with E-state index in [1.54, 1.807) is 0 Å². The van der Waals surface area contributed by atoms with E-state index in [2.05, 4.69) is 32.8 Å². The van der Waals surface area contributed by atoms with E-state index < -0.39 is 0 Å². The van der Waals surface area contributed by atoms with E-state index >= 15 is 0 Å². The molecule has 0 bridgehead atoms. The van der Waals surface area contributed by atoms with E-state index in [9.17, 15) is 0 Å². The van der Waals surface area contributed by atoms with Crippen LogP contribution in [0.25, 0.3) is 11.0 Å². The Labute approximate surface area is 91.5 Å². The van der Waals surface area contributed by atoms with Crippen molar-refractivity contribution in [2.75, 3.05) is 5.33 Å². The maximum Gasteiger partial charge on any atom is 0.0890 e. The van der Waals surface area contributed by atoms with Gasteiger partial charge in [0.15, 0.2) is 0 Å². The fourth-order valence-corrected chi connectivity index (χ4v) is 1.62. The average Bonchev–Trinajstić information content (AvgIpc) is 2.27. The summed E-state index contributed by atoms with van der Waals surface area (Å²) in [4.78, 5) is 8.92. The molecular formula is C11H11BrN2. The third kappa shape index (κ3) is 1.77. The van der Waals surface area contributed by atoms with Crippen molar-refractivity contribution in [2.45, 2.75) is 12.8 Å². The molecular weight excluding hydrogens is 240 g/mol. The van der Waals surface area contributed by atoms with E-state index in [0.717, 1.165) is 22.1 Å². The number of halogens is 1. The van der Waals surface area contributed by atoms with Gasteiger partial charge in [0.25, 0.3) is 0 Å². The molecule has 0 N–H and O–H groups in total. The van der Waals surface area contributed by atoms with Gasteiger partial charge < -0.3 is 0 Å². The first-order valence-electron chi connectivity index (χ1n) is 4.59. The molecule has 0 aliphatic carbocycles. The van der Waals surface area contributed by atoms with Gasteiger partial charge in [-0.1, -0.05) is 35.0 Å². The zero-order valence-electron chi connectivity index (χ0n) is 7.94. The second-order valence-electron chi connectivity index (χ2n) is 3.34. The monoisotopic (exact) mass is 250 g/mol. The molecule has 1 aromatic heterocycles. The second kappa shape index (κ2) is 4.05. The molecule has 72 valence electrons. The Morgan fingerprint density at radius 1 is 1.29 bits per heavy atom. The van der Waals surface area contributed by atoms with Gasteiger partial charge in [-0.15, -0.1) is 0 Å². The van der Waals surface area contributed by atoms with Crippen molar-refractivity contribution in [1.29, 1.82) is 0 Å². The summed E-state index contributed by atoms with van der Waals surface area (Å²) in [7, 11) is 0. The van der Waals surface area contributed by atoms with E-state index in [0.29, 0.717) is 5.92 Å². The number of benzene rings is 1. The Morgan fingerprint density at radius 3 is 2.71 bits per heavy atom. The second-order valence-corrected chi connectivity index (χ2v) is 3.99. The molecule has 2 nitrogen and oxygen atoms in total. The summed E-state index contributed by atoms with van der Waals surface area (Å²) in [6, 6.07) is 7.93. The molecule has 1 aromatic carbocycles. The number of fused-ring (bicyclic) bond motifs is 1. The highest BCUT2D eigenvalue weighted by Gasteiger charge is 2.06. The topological polar surface area (TPSA) is 25.8 Å². The first-order chi connectivity index (χ1) is 6.81. The Hall–Kier alpha value is -0.960. The molecule has 3 heteroatoms. The van der Waals surface area contributed by atoms with Crippen molar-refractivity contribution in [3.63, 3.8) is 0 Å². The van der Waals surface area contributed by atoms with Crippen LogP contribution in [0.1, 0.15) is 18.5 Å². The number of hydrogen-bond donors (Lipinski definition) is 0. The van der Waals surface area contributed by atoms with Gasteiger partial charge in [0, 0.05) is 17.4 Å². The van der Waals surface area contributed by atoms with Crippen LogP contribution in [-0.4, -0.2) is 15.3 Å². The van der Waals surface area contributed by atoms with Crippen LogP contribution in [-0.2, 0) is 0 Å². The maximum atomic E-state index is 4.55. The zero-order chi connectivity index (χ0) is 9.97. The van der Waals surface area contributed by atoms with E-state index in [1.165, 1.54) is 0 Å². The summed E-state index contributed by atoms with van der Waals surface area (Å²) < 4.78 is 0. The van der Waals surface area contributed by atoms with Crippen LogP contribution in [0.3, 0.4) is 0 Å². The third-order valence-electron chi connectivity index (χ3n) is 2.20. The number of rotatable bonds is 2. The minimum Gasteiger partial charge on any atom is -0.253 e. The van der Waals surface area contributed by atoms with Crippen LogP contribution in [0, 0.1) is 0 Å². The maximum absolute atomic E-state index is 4.55. The summed E-state index contributed by atoms with van der Waals surface area (Å²) >= 11 is 3.45. The molecule has 14 heavy (non-hydrogen) atoms. The molecule has 0 saturated carbocycles. The molecule has 2 rings (SSSR count). The van der Waals surface area contributed by atoms with Gasteiger partial charge in [-0.25, -0.2) is 4.98 Å². The van der Waals surface area contributed by atoms with Gasteiger partial charge in [0.1, 0.15) is 0 Å². The Kier molecular flexibility index (Phi) is 2.77. The van der Waals surface area contributed by atoms with Gasteiger partial charge in [-0.2, -0.15) is 0 Å². The fourth-order valence-electron chi connectivity index (χ4n) is 1.29. The van der Waals surface area contributed by atoms with Crippen LogP contribution in [0.4, 0.5) is 0 Å². The van der Waals surface area contributed by atoms with Crippen molar-refractivity contribution < 1.29 is 0 Å². The molecule has 1 heterocycles. The molecule has 0 radical (unpaired) electrons. The van der Waals surface area contributed by atoms with Crippen LogP contribution in [0.2, 0.25) is 0 Å². The molecule has 2 aromatic rings. The Morgan fingerprint density at radius 2 is 2.00 bits per heavy atom. The van der Waals surface area contributed by atoms with Crippen LogP contribution < -0.4 is 0 Å². The van der Waals surface area contributed by atoms with Crippen molar-refractivity contribution in [2.24, 2.45) is 0 Å². The SMILES string of the molecule is CC(CBr)c1cnc2ccccc2n1. The van der Waals surface area contributed by atoms with E-state index in [-0.39, 0.29) is 0 Å². The van der Waals surface area contributed by atoms with Crippen molar-refractivity contribution >= 4 is 27.0 Å². The number of nitrogens with zero attached hydrogens (tertiary/aromatic N) is 2. The van der Waals surface area contributed by atoms with Gasteiger partial charge >= 0.3 is 0 Å². The number of aromatic nitrogens is 2. The molecule has 0 saturated heterocycles. The standard InChI is InChI=1S/C11H11BrN2/c1-8(6-12)11-7-13-9-4-2-3-5-10(9)14-11/h2-5,7-8H,6H2,1H3. The fraction of sp³-hybridized carbons (Fsp3) is 0.273. The lowest BCUT2D eigenvalue weighted by molar-refractivity contribution is 0.840. The Balaban J connectivity index is 2.51. The van der Waals surface area contributed by atoms with Gasteiger partial charge in [-0.3, -0.25) is 4.98 Å². The van der Waals surface area contributed by atoms with Crippen LogP contribution in [0.5, 0.6) is 0 Å². The van der Waals surface area contributed by atoms with Crippen LogP contribution >= 0.6 is 15.9 Å². The predicted octanol–water partition coefficient (Wildman–Crippen LogP) is 3.13. The minimum atomic E-state index is 0.409. The molecule has 0 spiro atoms. The first kappa shape index (κ1) is 9.59. The third-order valence-corrected chi connectivity index (χ3v) is 3.17. The molecule has 1 atom stereocenters. The largest absolute Gasteiger partial charge is 0.253 e.